The standard InChI is InChI=1S/C4H7BrF2O/c1-2-3(8)4(5,6)7/h3,8H,2H2,1H3. The Kier molecular flexibility index (Phi) is 2.83. The highest BCUT2D eigenvalue weighted by molar-refractivity contribution is 9.10. The SMILES string of the molecule is CCC(O)C(F)(F)Br. The largest absolute Gasteiger partial charge is 0.386 e. The van der Waals surface area contributed by atoms with E-state index in [0.717, 1.165) is 0 Å². The fourth-order valence-electron chi connectivity index (χ4n) is 0.231. The van der Waals surface area contributed by atoms with Crippen molar-refractivity contribution >= 4 is 15.9 Å². The van der Waals surface area contributed by atoms with Crippen molar-refractivity contribution in [2.24, 2.45) is 0 Å². The van der Waals surface area contributed by atoms with Gasteiger partial charge >= 0.3 is 4.83 Å². The van der Waals surface area contributed by atoms with Crippen molar-refractivity contribution in [1.82, 2.24) is 0 Å². The maximum absolute atomic E-state index is 11.8. The Bertz CT molecular complexity index is 70.9. The van der Waals surface area contributed by atoms with E-state index in [9.17, 15) is 8.78 Å². The van der Waals surface area contributed by atoms with Crippen molar-refractivity contribution in [2.75, 3.05) is 0 Å². The first-order valence-electron chi connectivity index (χ1n) is 2.23. The lowest BCUT2D eigenvalue weighted by Crippen LogP contribution is -2.25. The fourth-order valence-corrected chi connectivity index (χ4v) is 0.555. The highest BCUT2D eigenvalue weighted by atomic mass is 79.9. The second-order valence-corrected chi connectivity index (χ2v) is 2.52. The molecule has 4 heteroatoms. The molecule has 0 spiro atoms. The normalized spacial score (nSPS) is 16.1. The van der Waals surface area contributed by atoms with Crippen molar-refractivity contribution in [3.05, 3.63) is 0 Å². The van der Waals surface area contributed by atoms with Gasteiger partial charge in [-0.1, -0.05) is 6.92 Å². The van der Waals surface area contributed by atoms with E-state index in [-0.39, 0.29) is 6.42 Å². The van der Waals surface area contributed by atoms with Crippen LogP contribution < -0.4 is 0 Å². The monoisotopic (exact) mass is 188 g/mol. The van der Waals surface area contributed by atoms with Gasteiger partial charge in [0.25, 0.3) is 0 Å². The van der Waals surface area contributed by atoms with Crippen LogP contribution in [0.2, 0.25) is 0 Å². The summed E-state index contributed by atoms with van der Waals surface area (Å²) in [5.74, 6) is 0. The van der Waals surface area contributed by atoms with Gasteiger partial charge in [-0.25, -0.2) is 0 Å². The molecule has 0 saturated carbocycles. The number of halogens is 3. The van der Waals surface area contributed by atoms with Gasteiger partial charge in [-0.05, 0) is 22.4 Å². The molecule has 1 nitrogen and oxygen atoms in total. The summed E-state index contributed by atoms with van der Waals surface area (Å²) < 4.78 is 23.6. The third-order valence-electron chi connectivity index (χ3n) is 0.765. The first kappa shape index (κ1) is 8.30. The van der Waals surface area contributed by atoms with Crippen molar-refractivity contribution < 1.29 is 13.9 Å². The van der Waals surface area contributed by atoms with Gasteiger partial charge < -0.3 is 5.11 Å². The zero-order valence-electron chi connectivity index (χ0n) is 4.37. The molecule has 1 atom stereocenters. The molecule has 0 aliphatic carbocycles. The van der Waals surface area contributed by atoms with Gasteiger partial charge in [0.05, 0.1) is 0 Å². The van der Waals surface area contributed by atoms with Gasteiger partial charge in [0.2, 0.25) is 0 Å². The maximum Gasteiger partial charge on any atom is 0.326 e. The summed E-state index contributed by atoms with van der Waals surface area (Å²) in [5.41, 5.74) is 0. The molecule has 0 aliphatic heterocycles. The lowest BCUT2D eigenvalue weighted by atomic mass is 10.3. The molecule has 0 aromatic carbocycles. The molecule has 0 rings (SSSR count). The van der Waals surface area contributed by atoms with Crippen LogP contribution in [0.3, 0.4) is 0 Å². The van der Waals surface area contributed by atoms with Crippen LogP contribution in [-0.2, 0) is 0 Å². The molecule has 0 radical (unpaired) electrons. The predicted molar refractivity (Wildman–Crippen MR) is 30.2 cm³/mol. The second-order valence-electron chi connectivity index (χ2n) is 1.47. The minimum absolute atomic E-state index is 0.0538. The highest BCUT2D eigenvalue weighted by Crippen LogP contribution is 2.27. The molecule has 8 heavy (non-hydrogen) atoms. The van der Waals surface area contributed by atoms with Crippen LogP contribution in [0.5, 0.6) is 0 Å². The van der Waals surface area contributed by atoms with E-state index in [4.69, 9.17) is 5.11 Å². The Labute approximate surface area is 54.8 Å². The molecule has 0 amide bonds. The number of hydrogen-bond acceptors (Lipinski definition) is 1. The molecule has 0 fully saturated rings. The third-order valence-corrected chi connectivity index (χ3v) is 1.29. The van der Waals surface area contributed by atoms with Gasteiger partial charge in [0.1, 0.15) is 6.10 Å². The lowest BCUT2D eigenvalue weighted by Gasteiger charge is -2.12. The number of hydrogen-bond donors (Lipinski definition) is 1. The van der Waals surface area contributed by atoms with Gasteiger partial charge in [-0.15, -0.1) is 0 Å². The molecule has 0 aliphatic rings. The number of rotatable bonds is 2. The summed E-state index contributed by atoms with van der Waals surface area (Å²) >= 11 is 2.02. The molecular formula is C4H7BrF2O. The van der Waals surface area contributed by atoms with Gasteiger partial charge in [0, 0.05) is 0 Å². The van der Waals surface area contributed by atoms with E-state index >= 15 is 0 Å². The third kappa shape index (κ3) is 2.57. The number of aliphatic hydroxyl groups is 1. The highest BCUT2D eigenvalue weighted by Gasteiger charge is 2.32. The molecule has 50 valence electrons. The van der Waals surface area contributed by atoms with Crippen molar-refractivity contribution in [3.8, 4) is 0 Å². The average molecular weight is 189 g/mol. The van der Waals surface area contributed by atoms with Crippen LogP contribution in [0, 0.1) is 0 Å². The van der Waals surface area contributed by atoms with E-state index in [1.54, 1.807) is 0 Å². The Morgan fingerprint density at radius 2 is 2.12 bits per heavy atom. The Morgan fingerprint density at radius 3 is 2.12 bits per heavy atom. The molecule has 0 aromatic heterocycles. The lowest BCUT2D eigenvalue weighted by molar-refractivity contribution is -0.0290. The molecular weight excluding hydrogens is 182 g/mol. The first-order chi connectivity index (χ1) is 3.48. The Balaban J connectivity index is 3.62. The van der Waals surface area contributed by atoms with E-state index in [1.165, 1.54) is 6.92 Å². The molecule has 0 aromatic rings. The summed E-state index contributed by atoms with van der Waals surface area (Å²) in [6.07, 6.45) is -1.51. The predicted octanol–water partition coefficient (Wildman–Crippen LogP) is 1.75. The molecule has 1 N–H and O–H groups in total. The van der Waals surface area contributed by atoms with Crippen molar-refractivity contribution in [3.63, 3.8) is 0 Å². The average Bonchev–Trinajstić information content (AvgIpc) is 1.62. The topological polar surface area (TPSA) is 20.2 Å². The van der Waals surface area contributed by atoms with E-state index in [0.29, 0.717) is 0 Å². The molecule has 0 bridgehead atoms. The summed E-state index contributed by atoms with van der Waals surface area (Å²) in [6, 6.07) is 0. The minimum Gasteiger partial charge on any atom is -0.386 e. The Morgan fingerprint density at radius 1 is 1.75 bits per heavy atom. The number of alkyl halides is 3. The van der Waals surface area contributed by atoms with Crippen LogP contribution in [0.15, 0.2) is 0 Å². The van der Waals surface area contributed by atoms with Crippen molar-refractivity contribution in [1.29, 1.82) is 0 Å². The van der Waals surface area contributed by atoms with Gasteiger partial charge in [-0.3, -0.25) is 0 Å². The summed E-state index contributed by atoms with van der Waals surface area (Å²) in [4.78, 5) is -3.12. The quantitative estimate of drug-likeness (QED) is 0.656. The summed E-state index contributed by atoms with van der Waals surface area (Å²) in [5, 5.41) is 8.40. The first-order valence-corrected chi connectivity index (χ1v) is 3.02. The van der Waals surface area contributed by atoms with E-state index < -0.39 is 10.9 Å². The van der Waals surface area contributed by atoms with Gasteiger partial charge in [0.15, 0.2) is 0 Å². The fraction of sp³-hybridized carbons (Fsp3) is 1.00. The van der Waals surface area contributed by atoms with Gasteiger partial charge in [-0.2, -0.15) is 8.78 Å². The maximum atomic E-state index is 11.8. The van der Waals surface area contributed by atoms with E-state index in [2.05, 4.69) is 0 Å². The van der Waals surface area contributed by atoms with Crippen LogP contribution in [0.25, 0.3) is 0 Å². The van der Waals surface area contributed by atoms with Crippen LogP contribution in [-0.4, -0.2) is 16.0 Å². The van der Waals surface area contributed by atoms with Crippen LogP contribution >= 0.6 is 15.9 Å². The summed E-state index contributed by atoms with van der Waals surface area (Å²) in [6.45, 7) is 1.49. The number of aliphatic hydroxyl groups excluding tert-OH is 1. The second kappa shape index (κ2) is 2.73. The minimum atomic E-state index is -3.12. The molecule has 0 heterocycles. The Hall–Kier alpha value is 0.300. The zero-order chi connectivity index (χ0) is 6.78. The van der Waals surface area contributed by atoms with Crippen LogP contribution in [0.4, 0.5) is 8.78 Å². The van der Waals surface area contributed by atoms with E-state index in [1.807, 2.05) is 15.9 Å². The molecule has 0 saturated heterocycles. The summed E-state index contributed by atoms with van der Waals surface area (Å²) in [7, 11) is 0. The van der Waals surface area contributed by atoms with Crippen LogP contribution in [0.1, 0.15) is 13.3 Å². The van der Waals surface area contributed by atoms with Crippen molar-refractivity contribution in [2.45, 2.75) is 24.3 Å². The smallest absolute Gasteiger partial charge is 0.326 e. The zero-order valence-corrected chi connectivity index (χ0v) is 5.95. The molecule has 1 unspecified atom stereocenters.